The number of anilines is 1. The first-order chi connectivity index (χ1) is 11.0. The van der Waals surface area contributed by atoms with Gasteiger partial charge in [-0.1, -0.05) is 0 Å². The second-order valence-electron chi connectivity index (χ2n) is 5.22. The second-order valence-corrected chi connectivity index (χ2v) is 5.22. The molecule has 1 aromatic heterocycles. The van der Waals surface area contributed by atoms with Crippen molar-refractivity contribution < 1.29 is 14.4 Å². The molecule has 2 rings (SSSR count). The summed E-state index contributed by atoms with van der Waals surface area (Å²) < 4.78 is 1.90. The number of hydrogen-bond acceptors (Lipinski definition) is 3. The molecule has 0 saturated carbocycles. The SMILES string of the molecule is CC(=O)c1ccc(NC(=O)C(=O)NCCn2cccc2)cc1C. The van der Waals surface area contributed by atoms with Crippen LogP contribution in [0.2, 0.25) is 0 Å². The summed E-state index contributed by atoms with van der Waals surface area (Å²) in [5, 5.41) is 5.08. The van der Waals surface area contributed by atoms with Crippen LogP contribution in [0.5, 0.6) is 0 Å². The molecule has 0 saturated heterocycles. The minimum absolute atomic E-state index is 0.0388. The highest BCUT2D eigenvalue weighted by molar-refractivity contribution is 6.39. The van der Waals surface area contributed by atoms with Crippen molar-refractivity contribution in [2.24, 2.45) is 0 Å². The third-order valence-electron chi connectivity index (χ3n) is 3.39. The number of aryl methyl sites for hydroxylation is 1. The number of benzene rings is 1. The summed E-state index contributed by atoms with van der Waals surface area (Å²) >= 11 is 0. The molecule has 2 aromatic rings. The lowest BCUT2D eigenvalue weighted by Gasteiger charge is -2.09. The number of nitrogens with zero attached hydrogens (tertiary/aromatic N) is 1. The van der Waals surface area contributed by atoms with E-state index in [1.54, 1.807) is 25.1 Å². The van der Waals surface area contributed by atoms with E-state index in [0.717, 1.165) is 5.56 Å². The summed E-state index contributed by atoms with van der Waals surface area (Å²) in [4.78, 5) is 35.0. The number of nitrogens with one attached hydrogen (secondary N) is 2. The molecule has 2 N–H and O–H groups in total. The van der Waals surface area contributed by atoms with E-state index < -0.39 is 11.8 Å². The van der Waals surface area contributed by atoms with Gasteiger partial charge in [0.25, 0.3) is 0 Å². The summed E-state index contributed by atoms with van der Waals surface area (Å²) in [6, 6.07) is 8.69. The molecule has 6 nitrogen and oxygen atoms in total. The number of carbonyl (C=O) groups is 3. The van der Waals surface area contributed by atoms with Gasteiger partial charge in [-0.3, -0.25) is 14.4 Å². The van der Waals surface area contributed by atoms with Crippen molar-refractivity contribution in [2.75, 3.05) is 11.9 Å². The average molecular weight is 313 g/mol. The van der Waals surface area contributed by atoms with E-state index in [4.69, 9.17) is 0 Å². The summed E-state index contributed by atoms with van der Waals surface area (Å²) in [6.07, 6.45) is 3.76. The topological polar surface area (TPSA) is 80.2 Å². The van der Waals surface area contributed by atoms with Crippen molar-refractivity contribution in [1.29, 1.82) is 0 Å². The Kier molecular flexibility index (Phi) is 5.30. The Bertz CT molecular complexity index is 721. The zero-order valence-electron chi connectivity index (χ0n) is 13.1. The minimum atomic E-state index is -0.729. The predicted molar refractivity (Wildman–Crippen MR) is 87.3 cm³/mol. The van der Waals surface area contributed by atoms with Crippen molar-refractivity contribution in [3.05, 3.63) is 53.9 Å². The lowest BCUT2D eigenvalue weighted by Crippen LogP contribution is -2.37. The van der Waals surface area contributed by atoms with Gasteiger partial charge in [0.15, 0.2) is 5.78 Å². The lowest BCUT2D eigenvalue weighted by atomic mass is 10.0. The fourth-order valence-corrected chi connectivity index (χ4v) is 2.22. The Morgan fingerprint density at radius 1 is 1.09 bits per heavy atom. The minimum Gasteiger partial charge on any atom is -0.353 e. The maximum Gasteiger partial charge on any atom is 0.313 e. The van der Waals surface area contributed by atoms with Gasteiger partial charge in [-0.2, -0.15) is 0 Å². The molecule has 0 radical (unpaired) electrons. The molecule has 0 aliphatic carbocycles. The molecule has 0 bridgehead atoms. The molecule has 0 unspecified atom stereocenters. The summed E-state index contributed by atoms with van der Waals surface area (Å²) in [6.45, 7) is 4.23. The molecular weight excluding hydrogens is 294 g/mol. The van der Waals surface area contributed by atoms with E-state index in [1.807, 2.05) is 29.1 Å². The first-order valence-corrected chi connectivity index (χ1v) is 7.29. The lowest BCUT2D eigenvalue weighted by molar-refractivity contribution is -0.136. The van der Waals surface area contributed by atoms with Crippen LogP contribution in [0.15, 0.2) is 42.7 Å². The summed E-state index contributed by atoms with van der Waals surface area (Å²) in [5.41, 5.74) is 1.83. The Morgan fingerprint density at radius 2 is 1.78 bits per heavy atom. The van der Waals surface area contributed by atoms with Gasteiger partial charge >= 0.3 is 11.8 Å². The average Bonchev–Trinajstić information content (AvgIpc) is 3.00. The highest BCUT2D eigenvalue weighted by atomic mass is 16.2. The van der Waals surface area contributed by atoms with Crippen LogP contribution in [0.3, 0.4) is 0 Å². The molecule has 1 aromatic carbocycles. The molecule has 2 amide bonds. The maximum absolute atomic E-state index is 11.8. The smallest absolute Gasteiger partial charge is 0.313 e. The van der Waals surface area contributed by atoms with Gasteiger partial charge in [0.05, 0.1) is 0 Å². The number of carbonyl (C=O) groups excluding carboxylic acids is 3. The molecule has 23 heavy (non-hydrogen) atoms. The van der Waals surface area contributed by atoms with Gasteiger partial charge < -0.3 is 15.2 Å². The van der Waals surface area contributed by atoms with Crippen LogP contribution in [0.1, 0.15) is 22.8 Å². The molecule has 0 atom stereocenters. The van der Waals surface area contributed by atoms with Gasteiger partial charge in [0.2, 0.25) is 0 Å². The van der Waals surface area contributed by atoms with Crippen LogP contribution in [0, 0.1) is 6.92 Å². The van der Waals surface area contributed by atoms with Gasteiger partial charge in [-0.25, -0.2) is 0 Å². The third-order valence-corrected chi connectivity index (χ3v) is 3.39. The highest BCUT2D eigenvalue weighted by Crippen LogP contribution is 2.15. The highest BCUT2D eigenvalue weighted by Gasteiger charge is 2.14. The number of rotatable bonds is 5. The van der Waals surface area contributed by atoms with E-state index in [1.165, 1.54) is 6.92 Å². The van der Waals surface area contributed by atoms with E-state index in [-0.39, 0.29) is 5.78 Å². The van der Waals surface area contributed by atoms with Crippen LogP contribution in [0.25, 0.3) is 0 Å². The van der Waals surface area contributed by atoms with Gasteiger partial charge in [0, 0.05) is 36.7 Å². The standard InChI is InChI=1S/C17H19N3O3/c1-12-11-14(5-6-15(12)13(2)21)19-17(23)16(22)18-7-10-20-8-3-4-9-20/h3-6,8-9,11H,7,10H2,1-2H3,(H,18,22)(H,19,23). The van der Waals surface area contributed by atoms with Gasteiger partial charge in [0.1, 0.15) is 0 Å². The van der Waals surface area contributed by atoms with Gasteiger partial charge in [-0.15, -0.1) is 0 Å². The Balaban J connectivity index is 1.87. The maximum atomic E-state index is 11.8. The van der Waals surface area contributed by atoms with Crippen LogP contribution in [0.4, 0.5) is 5.69 Å². The number of amides is 2. The summed E-state index contributed by atoms with van der Waals surface area (Å²) in [7, 11) is 0. The first kappa shape index (κ1) is 16.5. The quantitative estimate of drug-likeness (QED) is 0.652. The molecule has 0 spiro atoms. The number of Topliss-reactive ketones (excluding diaryl/α,β-unsaturated/α-hetero) is 1. The third kappa shape index (κ3) is 4.54. The van der Waals surface area contributed by atoms with E-state index in [9.17, 15) is 14.4 Å². The molecule has 0 aliphatic rings. The molecule has 6 heteroatoms. The Labute approximate surface area is 134 Å². The zero-order chi connectivity index (χ0) is 16.8. The van der Waals surface area contributed by atoms with Crippen molar-refractivity contribution >= 4 is 23.3 Å². The molecular formula is C17H19N3O3. The van der Waals surface area contributed by atoms with Crippen LogP contribution >= 0.6 is 0 Å². The summed E-state index contributed by atoms with van der Waals surface area (Å²) in [5.74, 6) is -1.46. The predicted octanol–water partition coefficient (Wildman–Crippen LogP) is 1.75. The Morgan fingerprint density at radius 3 is 2.39 bits per heavy atom. The van der Waals surface area contributed by atoms with E-state index >= 15 is 0 Å². The largest absolute Gasteiger partial charge is 0.353 e. The zero-order valence-corrected chi connectivity index (χ0v) is 13.1. The van der Waals surface area contributed by atoms with E-state index in [0.29, 0.717) is 24.3 Å². The number of aromatic nitrogens is 1. The van der Waals surface area contributed by atoms with E-state index in [2.05, 4.69) is 10.6 Å². The van der Waals surface area contributed by atoms with Crippen molar-refractivity contribution in [1.82, 2.24) is 9.88 Å². The van der Waals surface area contributed by atoms with Gasteiger partial charge in [-0.05, 0) is 49.7 Å². The van der Waals surface area contributed by atoms with Crippen LogP contribution in [-0.2, 0) is 16.1 Å². The Hall–Kier alpha value is -2.89. The molecule has 120 valence electrons. The number of ketones is 1. The first-order valence-electron chi connectivity index (χ1n) is 7.29. The fraction of sp³-hybridized carbons (Fsp3) is 0.235. The normalized spacial score (nSPS) is 10.2. The molecule has 0 fully saturated rings. The fourth-order valence-electron chi connectivity index (χ4n) is 2.22. The van der Waals surface area contributed by atoms with Crippen LogP contribution < -0.4 is 10.6 Å². The van der Waals surface area contributed by atoms with Crippen LogP contribution in [-0.4, -0.2) is 28.7 Å². The van der Waals surface area contributed by atoms with Crippen molar-refractivity contribution in [2.45, 2.75) is 20.4 Å². The van der Waals surface area contributed by atoms with Crippen molar-refractivity contribution in [3.63, 3.8) is 0 Å². The number of hydrogen-bond donors (Lipinski definition) is 2. The monoisotopic (exact) mass is 313 g/mol. The second kappa shape index (κ2) is 7.40. The molecule has 1 heterocycles. The van der Waals surface area contributed by atoms with Crippen molar-refractivity contribution in [3.8, 4) is 0 Å². The molecule has 0 aliphatic heterocycles.